The summed E-state index contributed by atoms with van der Waals surface area (Å²) in [6.45, 7) is 0. The molecule has 0 aromatic heterocycles. The lowest BCUT2D eigenvalue weighted by Gasteiger charge is -2.51. The average Bonchev–Trinajstić information content (AvgIpc) is 2.57. The minimum atomic E-state index is -1.06. The highest BCUT2D eigenvalue weighted by Gasteiger charge is 2.47. The predicted molar refractivity (Wildman–Crippen MR) is 100.0 cm³/mol. The molecule has 5 rings (SSSR count). The maximum Gasteiger partial charge on any atom is 0.134 e. The maximum atomic E-state index is 15.1. The van der Waals surface area contributed by atoms with Crippen LogP contribution in [0.25, 0.3) is 11.1 Å². The monoisotopic (exact) mass is 358 g/mol. The minimum absolute atomic E-state index is 0.113. The molecule has 1 saturated carbocycles. The fraction of sp³-hybridized carbons (Fsp3) is 0.400. The standard InChI is InChI=1S/C20H23FN2OS/c1-25(24)23-20-15-10-16(11-15)22-18(20)12-14-8-5-9-17(19(14)21)13-6-3-2-4-7-13/h2-9,15-16,18,20,22-23H,10-12H2,1H3/t15?,16?,18-,20-,25?/m0/s1. The van der Waals surface area contributed by atoms with E-state index in [1.165, 1.54) is 0 Å². The molecule has 2 aromatic carbocycles. The number of fused-ring (bicyclic) bond motifs is 2. The molecule has 2 aromatic rings. The number of halogens is 1. The molecule has 2 bridgehead atoms. The molecular formula is C20H23FN2OS. The Morgan fingerprint density at radius 2 is 1.92 bits per heavy atom. The summed E-state index contributed by atoms with van der Waals surface area (Å²) >= 11 is -1.06. The van der Waals surface area contributed by atoms with Crippen molar-refractivity contribution in [1.29, 1.82) is 0 Å². The van der Waals surface area contributed by atoms with Gasteiger partial charge in [0, 0.05) is 29.0 Å². The molecule has 2 heterocycles. The summed E-state index contributed by atoms with van der Waals surface area (Å²) in [5.41, 5.74) is 2.25. The van der Waals surface area contributed by atoms with Crippen molar-refractivity contribution in [2.75, 3.05) is 6.26 Å². The van der Waals surface area contributed by atoms with Crippen molar-refractivity contribution in [2.24, 2.45) is 5.92 Å². The normalized spacial score (nSPS) is 29.1. The molecule has 2 N–H and O–H groups in total. The first-order valence-electron chi connectivity index (χ1n) is 8.80. The average molecular weight is 358 g/mol. The van der Waals surface area contributed by atoms with Gasteiger partial charge in [0.15, 0.2) is 0 Å². The number of hydrogen-bond acceptors (Lipinski definition) is 3. The zero-order valence-electron chi connectivity index (χ0n) is 14.2. The SMILES string of the molecule is C[S+]([O-])N[C@H]1C2CC(C2)N[C@H]1Cc1cccc(-c2ccccc2)c1F. The minimum Gasteiger partial charge on any atom is -0.598 e. The summed E-state index contributed by atoms with van der Waals surface area (Å²) < 4.78 is 30.0. The van der Waals surface area contributed by atoms with E-state index in [-0.39, 0.29) is 17.9 Å². The van der Waals surface area contributed by atoms with Crippen LogP contribution in [0.15, 0.2) is 48.5 Å². The Hall–Kier alpha value is -1.40. The molecule has 25 heavy (non-hydrogen) atoms. The Morgan fingerprint density at radius 1 is 1.16 bits per heavy atom. The van der Waals surface area contributed by atoms with Crippen molar-refractivity contribution >= 4 is 11.4 Å². The van der Waals surface area contributed by atoms with Gasteiger partial charge in [-0.25, -0.2) is 4.39 Å². The number of hydrogen-bond donors (Lipinski definition) is 2. The summed E-state index contributed by atoms with van der Waals surface area (Å²) in [5, 5.41) is 3.61. The van der Waals surface area contributed by atoms with E-state index in [0.717, 1.165) is 18.4 Å². The van der Waals surface area contributed by atoms with Gasteiger partial charge in [-0.15, -0.1) is 4.72 Å². The third kappa shape index (κ3) is 3.47. The van der Waals surface area contributed by atoms with Crippen LogP contribution in [0.4, 0.5) is 4.39 Å². The Balaban J connectivity index is 1.58. The first-order chi connectivity index (χ1) is 12.1. The summed E-state index contributed by atoms with van der Waals surface area (Å²) in [6.07, 6.45) is 4.52. The third-order valence-corrected chi connectivity index (χ3v) is 6.08. The molecular weight excluding hydrogens is 335 g/mol. The highest BCUT2D eigenvalue weighted by atomic mass is 32.2. The van der Waals surface area contributed by atoms with Gasteiger partial charge in [0.25, 0.3) is 0 Å². The van der Waals surface area contributed by atoms with E-state index >= 15 is 4.39 Å². The van der Waals surface area contributed by atoms with Gasteiger partial charge in [-0.3, -0.25) is 0 Å². The lowest BCUT2D eigenvalue weighted by molar-refractivity contribution is 0.0809. The molecule has 5 heteroatoms. The van der Waals surface area contributed by atoms with Crippen molar-refractivity contribution in [2.45, 2.75) is 37.4 Å². The first kappa shape index (κ1) is 17.0. The molecule has 0 amide bonds. The summed E-state index contributed by atoms with van der Waals surface area (Å²) in [6, 6.07) is 16.0. The van der Waals surface area contributed by atoms with Crippen LogP contribution in [-0.2, 0) is 17.8 Å². The van der Waals surface area contributed by atoms with Crippen LogP contribution < -0.4 is 10.0 Å². The van der Waals surface area contributed by atoms with Crippen LogP contribution in [0.2, 0.25) is 0 Å². The second-order valence-corrected chi connectivity index (χ2v) is 8.29. The third-order valence-electron chi connectivity index (χ3n) is 5.47. The zero-order valence-corrected chi connectivity index (χ0v) is 15.1. The van der Waals surface area contributed by atoms with E-state index in [1.54, 1.807) is 6.26 Å². The van der Waals surface area contributed by atoms with Gasteiger partial charge < -0.3 is 9.87 Å². The second-order valence-electron chi connectivity index (χ2n) is 7.15. The Morgan fingerprint density at radius 3 is 2.64 bits per heavy atom. The van der Waals surface area contributed by atoms with Gasteiger partial charge in [-0.2, -0.15) is 0 Å². The Bertz CT molecular complexity index is 734. The molecule has 1 aliphatic carbocycles. The topological polar surface area (TPSA) is 47.1 Å². The maximum absolute atomic E-state index is 15.1. The van der Waals surface area contributed by atoms with E-state index in [2.05, 4.69) is 10.0 Å². The van der Waals surface area contributed by atoms with Crippen molar-refractivity contribution in [3.8, 4) is 11.1 Å². The van der Waals surface area contributed by atoms with Crippen molar-refractivity contribution in [3.63, 3.8) is 0 Å². The van der Waals surface area contributed by atoms with Crippen LogP contribution in [0, 0.1) is 11.7 Å². The fourth-order valence-electron chi connectivity index (χ4n) is 4.20. The Labute approximate surface area is 151 Å². The molecule has 0 radical (unpaired) electrons. The zero-order chi connectivity index (χ0) is 17.4. The van der Waals surface area contributed by atoms with Crippen molar-refractivity contribution < 1.29 is 8.94 Å². The predicted octanol–water partition coefficient (Wildman–Crippen LogP) is 3.04. The number of benzene rings is 2. The van der Waals surface area contributed by atoms with E-state index in [1.807, 2.05) is 48.5 Å². The van der Waals surface area contributed by atoms with Crippen LogP contribution in [0.3, 0.4) is 0 Å². The lowest BCUT2D eigenvalue weighted by atomic mass is 9.68. The van der Waals surface area contributed by atoms with Gasteiger partial charge in [0.2, 0.25) is 0 Å². The van der Waals surface area contributed by atoms with Crippen LogP contribution >= 0.6 is 0 Å². The highest BCUT2D eigenvalue weighted by molar-refractivity contribution is 7.88. The molecule has 2 saturated heterocycles. The summed E-state index contributed by atoms with van der Waals surface area (Å²) in [7, 11) is 0. The van der Waals surface area contributed by atoms with Gasteiger partial charge in [0.1, 0.15) is 12.1 Å². The van der Waals surface area contributed by atoms with E-state index in [9.17, 15) is 4.55 Å². The van der Waals surface area contributed by atoms with E-state index in [4.69, 9.17) is 0 Å². The quantitative estimate of drug-likeness (QED) is 0.808. The molecule has 2 aliphatic heterocycles. The summed E-state index contributed by atoms with van der Waals surface area (Å²) in [5.74, 6) is 0.395. The Kier molecular flexibility index (Phi) is 4.82. The molecule has 132 valence electrons. The summed E-state index contributed by atoms with van der Waals surface area (Å²) in [4.78, 5) is 0. The number of rotatable bonds is 5. The molecule has 3 atom stereocenters. The van der Waals surface area contributed by atoms with Gasteiger partial charge >= 0.3 is 0 Å². The highest BCUT2D eigenvalue weighted by Crippen LogP contribution is 2.38. The van der Waals surface area contributed by atoms with Gasteiger partial charge in [0.05, 0.1) is 6.04 Å². The molecule has 3 aliphatic rings. The van der Waals surface area contributed by atoms with Crippen molar-refractivity contribution in [1.82, 2.24) is 10.0 Å². The molecule has 3 nitrogen and oxygen atoms in total. The molecule has 3 fully saturated rings. The van der Waals surface area contributed by atoms with E-state index in [0.29, 0.717) is 29.5 Å². The second kappa shape index (κ2) is 7.08. The van der Waals surface area contributed by atoms with E-state index < -0.39 is 11.4 Å². The largest absolute Gasteiger partial charge is 0.598 e. The smallest absolute Gasteiger partial charge is 0.134 e. The molecule has 1 unspecified atom stereocenters. The lowest BCUT2D eigenvalue weighted by Crippen LogP contribution is -2.67. The van der Waals surface area contributed by atoms with Crippen LogP contribution in [0.5, 0.6) is 0 Å². The van der Waals surface area contributed by atoms with Crippen LogP contribution in [-0.4, -0.2) is 28.9 Å². The first-order valence-corrected chi connectivity index (χ1v) is 10.4. The number of nitrogens with one attached hydrogen (secondary N) is 2. The fourth-order valence-corrected chi connectivity index (χ4v) is 4.94. The number of piperidine rings is 2. The van der Waals surface area contributed by atoms with Gasteiger partial charge in [-0.1, -0.05) is 48.5 Å². The molecule has 0 spiro atoms. The van der Waals surface area contributed by atoms with Crippen LogP contribution in [0.1, 0.15) is 18.4 Å². The van der Waals surface area contributed by atoms with Crippen molar-refractivity contribution in [3.05, 3.63) is 59.9 Å². The van der Waals surface area contributed by atoms with Gasteiger partial charge in [-0.05, 0) is 36.3 Å².